The van der Waals surface area contributed by atoms with E-state index in [1.165, 1.54) is 7.05 Å². The van der Waals surface area contributed by atoms with Crippen LogP contribution < -0.4 is 0 Å². The molecule has 0 unspecified atom stereocenters. The second-order valence-electron chi connectivity index (χ2n) is 3.06. The summed E-state index contributed by atoms with van der Waals surface area (Å²) in [6, 6.07) is 0.995. The first-order chi connectivity index (χ1) is 7.39. The fraction of sp³-hybridized carbons (Fsp3) is 0.375. The maximum Gasteiger partial charge on any atom is 0.288 e. The monoisotopic (exact) mass is 245 g/mol. The molecule has 0 aliphatic heterocycles. The highest BCUT2D eigenvalue weighted by molar-refractivity contribution is 7.89. The Hall–Kier alpha value is -1.54. The van der Waals surface area contributed by atoms with E-state index >= 15 is 0 Å². The Morgan fingerprint density at radius 2 is 2.12 bits per heavy atom. The number of sulfonamides is 1. The Morgan fingerprint density at radius 3 is 2.62 bits per heavy atom. The number of aromatic nitrogens is 1. The van der Waals surface area contributed by atoms with Crippen LogP contribution in [-0.2, 0) is 10.0 Å². The van der Waals surface area contributed by atoms with E-state index in [1.54, 1.807) is 6.92 Å². The normalized spacial score (nSPS) is 11.7. The third kappa shape index (κ3) is 2.34. The zero-order valence-electron chi connectivity index (χ0n) is 8.82. The van der Waals surface area contributed by atoms with Gasteiger partial charge in [-0.25, -0.2) is 12.7 Å². The lowest BCUT2D eigenvalue weighted by Gasteiger charge is -2.13. The van der Waals surface area contributed by atoms with Crippen molar-refractivity contribution < 1.29 is 13.3 Å². The molecule has 1 aromatic rings. The summed E-state index contributed by atoms with van der Waals surface area (Å²) in [4.78, 5) is 13.2. The van der Waals surface area contributed by atoms with E-state index in [2.05, 4.69) is 4.98 Å². The van der Waals surface area contributed by atoms with Gasteiger partial charge >= 0.3 is 0 Å². The molecule has 0 spiro atoms. The maximum absolute atomic E-state index is 11.8. The molecule has 7 nitrogen and oxygen atoms in total. The number of rotatable bonds is 4. The van der Waals surface area contributed by atoms with Crippen LogP contribution in [-0.4, -0.2) is 36.2 Å². The van der Waals surface area contributed by atoms with Crippen molar-refractivity contribution in [1.29, 1.82) is 0 Å². The van der Waals surface area contributed by atoms with Crippen LogP contribution >= 0.6 is 0 Å². The van der Waals surface area contributed by atoms with Gasteiger partial charge in [0, 0.05) is 25.9 Å². The van der Waals surface area contributed by atoms with Crippen molar-refractivity contribution in [3.05, 3.63) is 28.6 Å². The summed E-state index contributed by atoms with van der Waals surface area (Å²) in [7, 11) is -2.28. The molecule has 0 atom stereocenters. The Bertz CT molecular complexity index is 500. The Balaban J connectivity index is 3.24. The van der Waals surface area contributed by atoms with Gasteiger partial charge in [-0.05, 0) is 0 Å². The molecule has 0 amide bonds. The van der Waals surface area contributed by atoms with Crippen LogP contribution in [0.2, 0.25) is 0 Å². The summed E-state index contributed by atoms with van der Waals surface area (Å²) < 4.78 is 24.7. The molecule has 0 bridgehead atoms. The molecule has 16 heavy (non-hydrogen) atoms. The maximum atomic E-state index is 11.8. The number of nitrogens with zero attached hydrogens (tertiary/aromatic N) is 3. The number of hydrogen-bond donors (Lipinski definition) is 0. The SMILES string of the molecule is CCN(C)S(=O)(=O)c1cncc([N+](=O)[O-])c1. The van der Waals surface area contributed by atoms with Crippen LogP contribution in [0.5, 0.6) is 0 Å². The van der Waals surface area contributed by atoms with E-state index in [0.29, 0.717) is 0 Å². The zero-order valence-corrected chi connectivity index (χ0v) is 9.64. The van der Waals surface area contributed by atoms with E-state index in [9.17, 15) is 18.5 Å². The Kier molecular flexibility index (Phi) is 3.55. The van der Waals surface area contributed by atoms with Gasteiger partial charge in [0.15, 0.2) is 0 Å². The first-order valence-electron chi connectivity index (χ1n) is 4.45. The first kappa shape index (κ1) is 12.5. The minimum atomic E-state index is -3.68. The molecule has 1 heterocycles. The molecule has 0 saturated heterocycles. The predicted octanol–water partition coefficient (Wildman–Crippen LogP) is 0.630. The third-order valence-electron chi connectivity index (χ3n) is 2.06. The number of hydrogen-bond acceptors (Lipinski definition) is 5. The molecule has 0 saturated carbocycles. The van der Waals surface area contributed by atoms with Crippen LogP contribution in [0.4, 0.5) is 5.69 Å². The minimum absolute atomic E-state index is 0.175. The smallest absolute Gasteiger partial charge is 0.258 e. The molecule has 88 valence electrons. The van der Waals surface area contributed by atoms with Gasteiger partial charge in [0.1, 0.15) is 11.1 Å². The zero-order chi connectivity index (χ0) is 12.3. The summed E-state index contributed by atoms with van der Waals surface area (Å²) in [6.45, 7) is 1.95. The Morgan fingerprint density at radius 1 is 1.50 bits per heavy atom. The van der Waals surface area contributed by atoms with E-state index in [1.807, 2.05) is 0 Å². The second kappa shape index (κ2) is 4.54. The minimum Gasteiger partial charge on any atom is -0.258 e. The molecule has 0 aliphatic rings. The van der Waals surface area contributed by atoms with Crippen LogP contribution in [0.25, 0.3) is 0 Å². The van der Waals surface area contributed by atoms with Gasteiger partial charge in [0.2, 0.25) is 10.0 Å². The van der Waals surface area contributed by atoms with Crippen molar-refractivity contribution in [1.82, 2.24) is 9.29 Å². The quantitative estimate of drug-likeness (QED) is 0.573. The lowest BCUT2D eigenvalue weighted by molar-refractivity contribution is -0.385. The lowest BCUT2D eigenvalue weighted by atomic mass is 10.4. The second-order valence-corrected chi connectivity index (χ2v) is 5.10. The molecule has 0 aliphatic carbocycles. The molecule has 0 aromatic carbocycles. The molecule has 8 heteroatoms. The number of nitro groups is 1. The van der Waals surface area contributed by atoms with E-state index in [0.717, 1.165) is 22.8 Å². The molecule has 0 fully saturated rings. The van der Waals surface area contributed by atoms with Gasteiger partial charge in [-0.3, -0.25) is 15.1 Å². The summed E-state index contributed by atoms with van der Waals surface area (Å²) >= 11 is 0. The molecule has 0 radical (unpaired) electrons. The summed E-state index contributed by atoms with van der Waals surface area (Å²) in [6.07, 6.45) is 2.10. The predicted molar refractivity (Wildman–Crippen MR) is 56.4 cm³/mol. The molecule has 1 aromatic heterocycles. The lowest BCUT2D eigenvalue weighted by Crippen LogP contribution is -2.26. The van der Waals surface area contributed by atoms with Gasteiger partial charge in [-0.15, -0.1) is 0 Å². The average molecular weight is 245 g/mol. The highest BCUT2D eigenvalue weighted by atomic mass is 32.2. The van der Waals surface area contributed by atoms with Crippen LogP contribution in [0.1, 0.15) is 6.92 Å². The van der Waals surface area contributed by atoms with Crippen LogP contribution in [0, 0.1) is 10.1 Å². The van der Waals surface area contributed by atoms with Gasteiger partial charge in [-0.1, -0.05) is 6.92 Å². The molecule has 0 N–H and O–H groups in total. The van der Waals surface area contributed by atoms with Crippen molar-refractivity contribution in [2.24, 2.45) is 0 Å². The van der Waals surface area contributed by atoms with Crippen LogP contribution in [0.3, 0.4) is 0 Å². The van der Waals surface area contributed by atoms with E-state index in [-0.39, 0.29) is 17.1 Å². The largest absolute Gasteiger partial charge is 0.288 e. The number of pyridine rings is 1. The van der Waals surface area contributed by atoms with Gasteiger partial charge in [0.25, 0.3) is 5.69 Å². The van der Waals surface area contributed by atoms with Gasteiger partial charge in [-0.2, -0.15) is 0 Å². The molecular formula is C8H11N3O4S. The van der Waals surface area contributed by atoms with E-state index < -0.39 is 14.9 Å². The standard InChI is InChI=1S/C8H11N3O4S/c1-3-10(2)16(14,15)8-4-7(11(12)13)5-9-6-8/h4-6H,3H2,1-2H3. The van der Waals surface area contributed by atoms with Crippen molar-refractivity contribution >= 4 is 15.7 Å². The van der Waals surface area contributed by atoms with E-state index in [4.69, 9.17) is 0 Å². The highest BCUT2D eigenvalue weighted by Crippen LogP contribution is 2.18. The summed E-state index contributed by atoms with van der Waals surface area (Å²) in [5.41, 5.74) is -0.342. The van der Waals surface area contributed by atoms with Gasteiger partial charge < -0.3 is 0 Å². The Labute approximate surface area is 92.9 Å². The molecule has 1 rings (SSSR count). The van der Waals surface area contributed by atoms with Gasteiger partial charge in [0.05, 0.1) is 4.92 Å². The first-order valence-corrected chi connectivity index (χ1v) is 5.89. The van der Waals surface area contributed by atoms with Crippen molar-refractivity contribution in [3.63, 3.8) is 0 Å². The van der Waals surface area contributed by atoms with Crippen molar-refractivity contribution in [3.8, 4) is 0 Å². The third-order valence-corrected chi connectivity index (χ3v) is 3.96. The fourth-order valence-corrected chi connectivity index (χ4v) is 2.16. The average Bonchev–Trinajstić information content (AvgIpc) is 2.28. The highest BCUT2D eigenvalue weighted by Gasteiger charge is 2.22. The summed E-state index contributed by atoms with van der Waals surface area (Å²) in [5.74, 6) is 0. The summed E-state index contributed by atoms with van der Waals surface area (Å²) in [5, 5.41) is 10.5. The van der Waals surface area contributed by atoms with Crippen molar-refractivity contribution in [2.75, 3.05) is 13.6 Å². The van der Waals surface area contributed by atoms with Crippen LogP contribution in [0.15, 0.2) is 23.4 Å². The van der Waals surface area contributed by atoms with Crippen molar-refractivity contribution in [2.45, 2.75) is 11.8 Å². The molecular weight excluding hydrogens is 234 g/mol. The topological polar surface area (TPSA) is 93.4 Å². The fourth-order valence-electron chi connectivity index (χ4n) is 0.998.